The molecule has 1 aromatic rings. The van der Waals surface area contributed by atoms with Gasteiger partial charge in [-0.25, -0.2) is 0 Å². The van der Waals surface area contributed by atoms with Gasteiger partial charge in [0, 0.05) is 12.8 Å². The number of hydrogen-bond donors (Lipinski definition) is 2. The van der Waals surface area contributed by atoms with Crippen molar-refractivity contribution in [3.05, 3.63) is 48.0 Å². The number of thiocarbonyl (C=S) groups is 1. The highest BCUT2D eigenvalue weighted by atomic mass is 32.1. The van der Waals surface area contributed by atoms with Crippen molar-refractivity contribution in [1.29, 1.82) is 0 Å². The number of nitrogens with zero attached hydrogens (tertiary/aromatic N) is 1. The second-order valence-corrected chi connectivity index (χ2v) is 5.01. The second kappa shape index (κ2) is 7.69. The molecule has 2 N–H and O–H groups in total. The standard InChI is InChI=1S/C15H19N3S/c19-15(16-11-13-7-3-1-4-8-13)18-17-12-14-9-5-2-6-10-14/h1-5,7-8,12,14H,6,9-11H2,(H2,16,18,19)/b17-12+. The molecule has 0 saturated carbocycles. The Kier molecular flexibility index (Phi) is 5.56. The molecule has 19 heavy (non-hydrogen) atoms. The number of hydrogen-bond acceptors (Lipinski definition) is 2. The van der Waals surface area contributed by atoms with Crippen molar-refractivity contribution < 1.29 is 0 Å². The quantitative estimate of drug-likeness (QED) is 0.383. The first-order chi connectivity index (χ1) is 9.34. The highest BCUT2D eigenvalue weighted by Gasteiger charge is 2.06. The number of rotatable bonds is 4. The maximum absolute atomic E-state index is 5.17. The summed E-state index contributed by atoms with van der Waals surface area (Å²) >= 11 is 5.17. The van der Waals surface area contributed by atoms with Gasteiger partial charge in [-0.3, -0.25) is 5.43 Å². The third-order valence-electron chi connectivity index (χ3n) is 3.06. The molecule has 0 aromatic heterocycles. The molecule has 1 unspecified atom stereocenters. The van der Waals surface area contributed by atoms with Crippen LogP contribution in [-0.4, -0.2) is 11.3 Å². The lowest BCUT2D eigenvalue weighted by molar-refractivity contribution is 0.624. The largest absolute Gasteiger partial charge is 0.357 e. The van der Waals surface area contributed by atoms with Crippen LogP contribution in [0.15, 0.2) is 47.6 Å². The zero-order valence-electron chi connectivity index (χ0n) is 10.9. The van der Waals surface area contributed by atoms with Crippen molar-refractivity contribution in [2.75, 3.05) is 0 Å². The maximum atomic E-state index is 5.17. The van der Waals surface area contributed by atoms with Crippen molar-refractivity contribution in [2.45, 2.75) is 25.8 Å². The number of benzene rings is 1. The average Bonchev–Trinajstić information content (AvgIpc) is 2.47. The predicted molar refractivity (Wildman–Crippen MR) is 84.0 cm³/mol. The fourth-order valence-corrected chi connectivity index (χ4v) is 2.10. The Morgan fingerprint density at radius 2 is 2.16 bits per heavy atom. The van der Waals surface area contributed by atoms with Crippen LogP contribution in [0.25, 0.3) is 0 Å². The summed E-state index contributed by atoms with van der Waals surface area (Å²) in [6.07, 6.45) is 9.80. The van der Waals surface area contributed by atoms with E-state index in [0.29, 0.717) is 17.6 Å². The van der Waals surface area contributed by atoms with Crippen molar-refractivity contribution in [1.82, 2.24) is 10.7 Å². The van der Waals surface area contributed by atoms with Gasteiger partial charge in [-0.1, -0.05) is 42.5 Å². The van der Waals surface area contributed by atoms with Crippen LogP contribution < -0.4 is 10.7 Å². The SMILES string of the molecule is S=C(NCc1ccccc1)N/N=C/C1CC=CCC1. The van der Waals surface area contributed by atoms with Gasteiger partial charge in [-0.15, -0.1) is 0 Å². The van der Waals surface area contributed by atoms with Crippen LogP contribution in [0.3, 0.4) is 0 Å². The Morgan fingerprint density at radius 3 is 2.89 bits per heavy atom. The predicted octanol–water partition coefficient (Wildman–Crippen LogP) is 2.99. The average molecular weight is 273 g/mol. The first-order valence-corrected chi connectivity index (χ1v) is 7.01. The van der Waals surface area contributed by atoms with E-state index >= 15 is 0 Å². The van der Waals surface area contributed by atoms with E-state index in [2.05, 4.69) is 40.1 Å². The summed E-state index contributed by atoms with van der Waals surface area (Å²) in [5.74, 6) is 0.537. The van der Waals surface area contributed by atoms with Crippen LogP contribution in [-0.2, 0) is 6.54 Å². The van der Waals surface area contributed by atoms with Crippen LogP contribution >= 0.6 is 12.2 Å². The molecule has 0 bridgehead atoms. The smallest absolute Gasteiger partial charge is 0.187 e. The van der Waals surface area contributed by atoms with E-state index in [9.17, 15) is 0 Å². The monoisotopic (exact) mass is 273 g/mol. The fraction of sp³-hybridized carbons (Fsp3) is 0.333. The number of nitrogens with one attached hydrogen (secondary N) is 2. The molecule has 0 spiro atoms. The molecular formula is C15H19N3S. The molecule has 0 aliphatic heterocycles. The lowest BCUT2D eigenvalue weighted by Crippen LogP contribution is -2.31. The minimum Gasteiger partial charge on any atom is -0.357 e. The summed E-state index contributed by atoms with van der Waals surface area (Å²) in [5.41, 5.74) is 4.07. The molecule has 4 heteroatoms. The van der Waals surface area contributed by atoms with Crippen molar-refractivity contribution >= 4 is 23.5 Å². The molecule has 0 saturated heterocycles. The topological polar surface area (TPSA) is 36.4 Å². The molecule has 1 aliphatic carbocycles. The third kappa shape index (κ3) is 5.22. The van der Waals surface area contributed by atoms with Gasteiger partial charge in [0.25, 0.3) is 0 Å². The molecule has 0 heterocycles. The van der Waals surface area contributed by atoms with Gasteiger partial charge in [-0.2, -0.15) is 5.10 Å². The minimum absolute atomic E-state index is 0.537. The summed E-state index contributed by atoms with van der Waals surface area (Å²) in [6, 6.07) is 10.2. The van der Waals surface area contributed by atoms with Crippen molar-refractivity contribution in [2.24, 2.45) is 11.0 Å². The summed E-state index contributed by atoms with van der Waals surface area (Å²) in [5, 5.41) is 7.89. The Labute approximate surface area is 119 Å². The Morgan fingerprint density at radius 1 is 1.32 bits per heavy atom. The first-order valence-electron chi connectivity index (χ1n) is 6.60. The highest BCUT2D eigenvalue weighted by molar-refractivity contribution is 7.80. The van der Waals surface area contributed by atoms with E-state index in [1.807, 2.05) is 24.4 Å². The van der Waals surface area contributed by atoms with Crippen LogP contribution in [0.4, 0.5) is 0 Å². The molecular weight excluding hydrogens is 254 g/mol. The fourth-order valence-electron chi connectivity index (χ4n) is 1.97. The maximum Gasteiger partial charge on any atom is 0.187 e. The molecule has 2 rings (SSSR count). The third-order valence-corrected chi connectivity index (χ3v) is 3.29. The van der Waals surface area contributed by atoms with Gasteiger partial charge in [0.2, 0.25) is 0 Å². The van der Waals surface area contributed by atoms with Crippen LogP contribution in [0, 0.1) is 5.92 Å². The molecule has 3 nitrogen and oxygen atoms in total. The second-order valence-electron chi connectivity index (χ2n) is 4.60. The lowest BCUT2D eigenvalue weighted by atomic mass is 9.96. The number of allylic oxidation sites excluding steroid dienone is 2. The molecule has 100 valence electrons. The van der Waals surface area contributed by atoms with Gasteiger partial charge in [0.1, 0.15) is 0 Å². The van der Waals surface area contributed by atoms with E-state index in [0.717, 1.165) is 12.8 Å². The van der Waals surface area contributed by atoms with Gasteiger partial charge < -0.3 is 5.32 Å². The highest BCUT2D eigenvalue weighted by Crippen LogP contribution is 2.15. The zero-order chi connectivity index (χ0) is 13.3. The molecule has 1 aromatic carbocycles. The molecule has 0 fully saturated rings. The Bertz CT molecular complexity index is 454. The molecule has 0 radical (unpaired) electrons. The van der Waals surface area contributed by atoms with E-state index in [4.69, 9.17) is 12.2 Å². The van der Waals surface area contributed by atoms with Crippen LogP contribution in [0.5, 0.6) is 0 Å². The van der Waals surface area contributed by atoms with E-state index in [1.54, 1.807) is 0 Å². The Balaban J connectivity index is 1.67. The summed E-state index contributed by atoms with van der Waals surface area (Å²) in [7, 11) is 0. The first kappa shape index (κ1) is 13.7. The van der Waals surface area contributed by atoms with Gasteiger partial charge >= 0.3 is 0 Å². The molecule has 0 amide bonds. The van der Waals surface area contributed by atoms with Gasteiger partial charge in [0.05, 0.1) is 0 Å². The lowest BCUT2D eigenvalue weighted by Gasteiger charge is -2.12. The molecule has 1 atom stereocenters. The minimum atomic E-state index is 0.537. The summed E-state index contributed by atoms with van der Waals surface area (Å²) in [6.45, 7) is 0.717. The van der Waals surface area contributed by atoms with Crippen molar-refractivity contribution in [3.8, 4) is 0 Å². The molecule has 1 aliphatic rings. The Hall–Kier alpha value is -1.68. The number of hydrazone groups is 1. The van der Waals surface area contributed by atoms with E-state index < -0.39 is 0 Å². The van der Waals surface area contributed by atoms with Crippen LogP contribution in [0.2, 0.25) is 0 Å². The normalized spacial score (nSPS) is 18.4. The van der Waals surface area contributed by atoms with E-state index in [-0.39, 0.29) is 0 Å². The van der Waals surface area contributed by atoms with Crippen molar-refractivity contribution in [3.63, 3.8) is 0 Å². The zero-order valence-corrected chi connectivity index (χ0v) is 11.7. The summed E-state index contributed by atoms with van der Waals surface area (Å²) < 4.78 is 0. The van der Waals surface area contributed by atoms with Gasteiger partial charge in [0.15, 0.2) is 5.11 Å². The van der Waals surface area contributed by atoms with E-state index in [1.165, 1.54) is 12.0 Å². The van der Waals surface area contributed by atoms with Gasteiger partial charge in [-0.05, 0) is 43.0 Å². The van der Waals surface area contributed by atoms with Crippen LogP contribution in [0.1, 0.15) is 24.8 Å². The summed E-state index contributed by atoms with van der Waals surface area (Å²) in [4.78, 5) is 0.